The van der Waals surface area contributed by atoms with Crippen molar-refractivity contribution in [2.75, 3.05) is 4.72 Å². The van der Waals surface area contributed by atoms with Gasteiger partial charge in [0.15, 0.2) is 0 Å². The van der Waals surface area contributed by atoms with Crippen LogP contribution in [0.5, 0.6) is 0 Å². The summed E-state index contributed by atoms with van der Waals surface area (Å²) in [6, 6.07) is 6.45. The average Bonchev–Trinajstić information content (AvgIpc) is 2.82. The second-order valence-electron chi connectivity index (χ2n) is 4.37. The number of sulfonamides is 1. The van der Waals surface area contributed by atoms with E-state index in [1.54, 1.807) is 0 Å². The van der Waals surface area contributed by atoms with Gasteiger partial charge in [0, 0.05) is 5.69 Å². The van der Waals surface area contributed by atoms with Crippen molar-refractivity contribution in [2.24, 2.45) is 0 Å². The Morgan fingerprint density at radius 3 is 2.14 bits per heavy atom. The minimum Gasteiger partial charge on any atom is -0.478 e. The fourth-order valence-electron chi connectivity index (χ4n) is 1.68. The van der Waals surface area contributed by atoms with Gasteiger partial charge in [-0.05, 0) is 42.8 Å². The molecule has 0 aliphatic heterocycles. The first-order valence-electron chi connectivity index (χ1n) is 5.90. The van der Waals surface area contributed by atoms with E-state index in [1.165, 1.54) is 37.3 Å². The van der Waals surface area contributed by atoms with Crippen LogP contribution in [0.1, 0.15) is 25.6 Å². The zero-order chi connectivity index (χ0) is 16.5. The first-order chi connectivity index (χ1) is 10.2. The second-order valence-corrected chi connectivity index (χ2v) is 7.33. The van der Waals surface area contributed by atoms with E-state index in [2.05, 4.69) is 4.72 Å². The number of hydrogen-bond acceptors (Lipinski definition) is 5. The van der Waals surface area contributed by atoms with Crippen LogP contribution in [0, 0.1) is 6.92 Å². The standard InChI is InChI=1S/C13H11NO6S2/c1-7-6-10(21-11(7)13(17)18)22(19,20)14-9-4-2-8(3-5-9)12(15)16/h2-6,14H,1H3,(H,15,16)(H,17,18). The number of hydrogen-bond donors (Lipinski definition) is 3. The summed E-state index contributed by atoms with van der Waals surface area (Å²) in [7, 11) is -3.92. The number of nitrogens with one attached hydrogen (secondary N) is 1. The van der Waals surface area contributed by atoms with Crippen LogP contribution in [-0.4, -0.2) is 30.6 Å². The minimum atomic E-state index is -3.92. The molecule has 0 atom stereocenters. The van der Waals surface area contributed by atoms with Crippen molar-refractivity contribution in [1.29, 1.82) is 0 Å². The van der Waals surface area contributed by atoms with Gasteiger partial charge in [0.25, 0.3) is 10.0 Å². The maximum absolute atomic E-state index is 12.2. The maximum Gasteiger partial charge on any atom is 0.346 e. The highest BCUT2D eigenvalue weighted by Gasteiger charge is 2.21. The van der Waals surface area contributed by atoms with Gasteiger partial charge >= 0.3 is 11.9 Å². The molecule has 0 bridgehead atoms. The number of carboxylic acid groups (broad SMARTS) is 2. The molecule has 0 saturated carbocycles. The lowest BCUT2D eigenvalue weighted by Crippen LogP contribution is -2.11. The Labute approximate surface area is 129 Å². The summed E-state index contributed by atoms with van der Waals surface area (Å²) in [6.07, 6.45) is 0. The molecule has 0 spiro atoms. The second kappa shape index (κ2) is 5.78. The van der Waals surface area contributed by atoms with Gasteiger partial charge in [0.2, 0.25) is 0 Å². The number of benzene rings is 1. The summed E-state index contributed by atoms with van der Waals surface area (Å²) in [4.78, 5) is 21.7. The third kappa shape index (κ3) is 3.26. The molecule has 0 saturated heterocycles. The van der Waals surface area contributed by atoms with Crippen LogP contribution in [0.25, 0.3) is 0 Å². The van der Waals surface area contributed by atoms with Crippen LogP contribution in [0.15, 0.2) is 34.5 Å². The van der Waals surface area contributed by atoms with E-state index in [-0.39, 0.29) is 20.3 Å². The molecule has 9 heteroatoms. The summed E-state index contributed by atoms with van der Waals surface area (Å²) in [6.45, 7) is 1.51. The predicted molar refractivity (Wildman–Crippen MR) is 80.2 cm³/mol. The van der Waals surface area contributed by atoms with Crippen LogP contribution < -0.4 is 4.72 Å². The Balaban J connectivity index is 2.29. The van der Waals surface area contributed by atoms with E-state index in [4.69, 9.17) is 10.2 Å². The van der Waals surface area contributed by atoms with E-state index in [9.17, 15) is 18.0 Å². The topological polar surface area (TPSA) is 121 Å². The molecule has 0 fully saturated rings. The molecule has 116 valence electrons. The van der Waals surface area contributed by atoms with Crippen LogP contribution >= 0.6 is 11.3 Å². The highest BCUT2D eigenvalue weighted by molar-refractivity contribution is 7.94. The lowest BCUT2D eigenvalue weighted by atomic mass is 10.2. The summed E-state index contributed by atoms with van der Waals surface area (Å²) in [5.41, 5.74) is 0.579. The number of carbonyl (C=O) groups is 2. The number of aryl methyl sites for hydroxylation is 1. The van der Waals surface area contributed by atoms with Gasteiger partial charge in [-0.2, -0.15) is 0 Å². The highest BCUT2D eigenvalue weighted by Crippen LogP contribution is 2.27. The summed E-state index contributed by atoms with van der Waals surface area (Å²) < 4.78 is 26.6. The molecule has 22 heavy (non-hydrogen) atoms. The van der Waals surface area contributed by atoms with Crippen molar-refractivity contribution in [3.63, 3.8) is 0 Å². The van der Waals surface area contributed by atoms with Crippen molar-refractivity contribution < 1.29 is 28.2 Å². The van der Waals surface area contributed by atoms with Crippen LogP contribution in [-0.2, 0) is 10.0 Å². The van der Waals surface area contributed by atoms with Crippen molar-refractivity contribution >= 4 is 39.0 Å². The van der Waals surface area contributed by atoms with Crippen LogP contribution in [0.2, 0.25) is 0 Å². The molecule has 0 radical (unpaired) electrons. The fraction of sp³-hybridized carbons (Fsp3) is 0.0769. The van der Waals surface area contributed by atoms with Crippen molar-refractivity contribution in [2.45, 2.75) is 11.1 Å². The normalized spacial score (nSPS) is 11.1. The SMILES string of the molecule is Cc1cc(S(=O)(=O)Nc2ccc(C(=O)O)cc2)sc1C(=O)O. The predicted octanol–water partition coefficient (Wildman–Crippen LogP) is 2.25. The number of carboxylic acids is 2. The molecule has 0 aliphatic rings. The molecule has 1 heterocycles. The van der Waals surface area contributed by atoms with E-state index >= 15 is 0 Å². The maximum atomic E-state index is 12.2. The van der Waals surface area contributed by atoms with Gasteiger partial charge in [-0.15, -0.1) is 11.3 Å². The van der Waals surface area contributed by atoms with Gasteiger partial charge < -0.3 is 10.2 Å². The van der Waals surface area contributed by atoms with Crippen LogP contribution in [0.4, 0.5) is 5.69 Å². The first-order valence-corrected chi connectivity index (χ1v) is 8.20. The number of anilines is 1. The molecular formula is C13H11NO6S2. The van der Waals surface area contributed by atoms with Crippen molar-refractivity contribution in [3.05, 3.63) is 46.3 Å². The minimum absolute atomic E-state index is 0.0306. The van der Waals surface area contributed by atoms with E-state index < -0.39 is 22.0 Å². The Hall–Kier alpha value is -2.39. The van der Waals surface area contributed by atoms with E-state index in [1.807, 2.05) is 0 Å². The quantitative estimate of drug-likeness (QED) is 0.767. The Kier molecular flexibility index (Phi) is 4.20. The Morgan fingerprint density at radius 2 is 1.68 bits per heavy atom. The summed E-state index contributed by atoms with van der Waals surface area (Å²) in [5, 5.41) is 17.7. The van der Waals surface area contributed by atoms with Gasteiger partial charge in [0.05, 0.1) is 5.56 Å². The largest absolute Gasteiger partial charge is 0.478 e. The fourth-order valence-corrected chi connectivity index (χ4v) is 4.12. The molecular weight excluding hydrogens is 330 g/mol. The zero-order valence-electron chi connectivity index (χ0n) is 11.2. The number of thiophene rings is 1. The Morgan fingerprint density at radius 1 is 1.09 bits per heavy atom. The molecule has 0 amide bonds. The molecule has 3 N–H and O–H groups in total. The van der Waals surface area contributed by atoms with Crippen molar-refractivity contribution in [3.8, 4) is 0 Å². The van der Waals surface area contributed by atoms with E-state index in [0.717, 1.165) is 0 Å². The lowest BCUT2D eigenvalue weighted by Gasteiger charge is -2.06. The molecule has 0 aliphatic carbocycles. The van der Waals surface area contributed by atoms with E-state index in [0.29, 0.717) is 16.9 Å². The smallest absolute Gasteiger partial charge is 0.346 e. The lowest BCUT2D eigenvalue weighted by molar-refractivity contribution is 0.0688. The molecule has 0 unspecified atom stereocenters. The number of rotatable bonds is 5. The van der Waals surface area contributed by atoms with Crippen molar-refractivity contribution in [1.82, 2.24) is 0 Å². The summed E-state index contributed by atoms with van der Waals surface area (Å²) >= 11 is 0.658. The molecule has 1 aromatic carbocycles. The van der Waals surface area contributed by atoms with Crippen LogP contribution in [0.3, 0.4) is 0 Å². The third-order valence-corrected chi connectivity index (χ3v) is 5.82. The molecule has 1 aromatic heterocycles. The van der Waals surface area contributed by atoms with Gasteiger partial charge in [-0.1, -0.05) is 0 Å². The first kappa shape index (κ1) is 16.0. The number of aromatic carboxylic acids is 2. The zero-order valence-corrected chi connectivity index (χ0v) is 12.9. The molecule has 7 nitrogen and oxygen atoms in total. The van der Waals surface area contributed by atoms with Gasteiger partial charge in [-0.25, -0.2) is 18.0 Å². The van der Waals surface area contributed by atoms with Gasteiger partial charge in [0.1, 0.15) is 9.09 Å². The Bertz CT molecular complexity index is 836. The third-order valence-electron chi connectivity index (χ3n) is 2.74. The average molecular weight is 341 g/mol. The molecule has 2 aromatic rings. The molecule has 2 rings (SSSR count). The van der Waals surface area contributed by atoms with Gasteiger partial charge in [-0.3, -0.25) is 4.72 Å². The highest BCUT2D eigenvalue weighted by atomic mass is 32.2. The summed E-state index contributed by atoms with van der Waals surface area (Å²) in [5.74, 6) is -2.30. The monoisotopic (exact) mass is 341 g/mol.